The third-order valence-electron chi connectivity index (χ3n) is 1.82. The van der Waals surface area contributed by atoms with Crippen molar-refractivity contribution in [1.29, 1.82) is 0 Å². The van der Waals surface area contributed by atoms with Crippen molar-refractivity contribution in [3.63, 3.8) is 0 Å². The molecule has 0 unspecified atom stereocenters. The van der Waals surface area contributed by atoms with E-state index in [1.54, 1.807) is 11.3 Å². The van der Waals surface area contributed by atoms with Crippen LogP contribution in [0.15, 0.2) is 41.1 Å². The van der Waals surface area contributed by atoms with E-state index >= 15 is 0 Å². The highest BCUT2D eigenvalue weighted by Crippen LogP contribution is 2.25. The van der Waals surface area contributed by atoms with E-state index in [4.69, 9.17) is 0 Å². The molecule has 0 spiro atoms. The van der Waals surface area contributed by atoms with E-state index in [2.05, 4.69) is 42.5 Å². The van der Waals surface area contributed by atoms with Crippen LogP contribution in [0.3, 0.4) is 0 Å². The second-order valence-electron chi connectivity index (χ2n) is 2.91. The second-order valence-corrected chi connectivity index (χ2v) is 3.69. The summed E-state index contributed by atoms with van der Waals surface area (Å²) in [6.45, 7) is 8.10. The van der Waals surface area contributed by atoms with E-state index in [1.807, 2.05) is 6.92 Å². The molecule has 0 saturated heterocycles. The minimum absolute atomic E-state index is 0.404. The lowest BCUT2D eigenvalue weighted by Crippen LogP contribution is -1.92. The molecule has 0 aliphatic heterocycles. The van der Waals surface area contributed by atoms with Crippen molar-refractivity contribution in [3.8, 4) is 0 Å². The highest BCUT2D eigenvalue weighted by Gasteiger charge is 2.07. The molecule has 12 heavy (non-hydrogen) atoms. The highest BCUT2D eigenvalue weighted by atomic mass is 32.1. The van der Waals surface area contributed by atoms with Crippen LogP contribution in [0.4, 0.5) is 0 Å². The summed E-state index contributed by atoms with van der Waals surface area (Å²) in [7, 11) is 0. The standard InChI is InChI=1S/C11H14S/c1-4-5-11(9(2)3)10-6-7-12-8-10/h4-8,11H,2H2,1,3H3/b5-4-/t11-/m0/s1. The first-order chi connectivity index (χ1) is 5.75. The smallest absolute Gasteiger partial charge is 0.0231 e. The van der Waals surface area contributed by atoms with Gasteiger partial charge in [0.2, 0.25) is 0 Å². The Morgan fingerprint density at radius 3 is 2.83 bits per heavy atom. The molecule has 0 aliphatic rings. The van der Waals surface area contributed by atoms with E-state index in [-0.39, 0.29) is 0 Å². The summed E-state index contributed by atoms with van der Waals surface area (Å²) in [5, 5.41) is 4.29. The highest BCUT2D eigenvalue weighted by molar-refractivity contribution is 7.08. The van der Waals surface area contributed by atoms with Gasteiger partial charge in [0.1, 0.15) is 0 Å². The molecule has 0 aromatic carbocycles. The zero-order valence-corrected chi connectivity index (χ0v) is 8.40. The quantitative estimate of drug-likeness (QED) is 0.614. The van der Waals surface area contributed by atoms with Gasteiger partial charge >= 0.3 is 0 Å². The first-order valence-corrected chi connectivity index (χ1v) is 5.00. The summed E-state index contributed by atoms with van der Waals surface area (Å²) in [6.07, 6.45) is 4.27. The van der Waals surface area contributed by atoms with Crippen LogP contribution in [-0.2, 0) is 0 Å². The van der Waals surface area contributed by atoms with Crippen molar-refractivity contribution in [1.82, 2.24) is 0 Å². The van der Waals surface area contributed by atoms with Gasteiger partial charge < -0.3 is 0 Å². The molecule has 0 bridgehead atoms. The Kier molecular flexibility index (Phi) is 3.30. The average Bonchev–Trinajstić information content (AvgIpc) is 2.51. The third-order valence-corrected chi connectivity index (χ3v) is 2.52. The molecule has 0 aliphatic carbocycles. The van der Waals surface area contributed by atoms with Gasteiger partial charge in [0.05, 0.1) is 0 Å². The molecule has 64 valence electrons. The predicted octanol–water partition coefficient (Wildman–Crippen LogP) is 3.98. The van der Waals surface area contributed by atoms with E-state index < -0.39 is 0 Å². The largest absolute Gasteiger partial charge is 0.152 e. The number of rotatable bonds is 3. The fourth-order valence-corrected chi connectivity index (χ4v) is 1.90. The maximum atomic E-state index is 3.98. The number of allylic oxidation sites excluding steroid dienone is 3. The lowest BCUT2D eigenvalue weighted by atomic mass is 9.95. The minimum Gasteiger partial charge on any atom is -0.152 e. The molecule has 0 nitrogen and oxygen atoms in total. The van der Waals surface area contributed by atoms with Crippen LogP contribution < -0.4 is 0 Å². The van der Waals surface area contributed by atoms with Gasteiger partial charge in [-0.05, 0) is 36.2 Å². The Labute approximate surface area is 78.2 Å². The Morgan fingerprint density at radius 1 is 1.67 bits per heavy atom. The van der Waals surface area contributed by atoms with Gasteiger partial charge in [-0.2, -0.15) is 11.3 Å². The van der Waals surface area contributed by atoms with Gasteiger partial charge in [-0.3, -0.25) is 0 Å². The van der Waals surface area contributed by atoms with Gasteiger partial charge in [0.15, 0.2) is 0 Å². The van der Waals surface area contributed by atoms with E-state index in [9.17, 15) is 0 Å². The van der Waals surface area contributed by atoms with Gasteiger partial charge in [0, 0.05) is 5.92 Å². The lowest BCUT2D eigenvalue weighted by Gasteiger charge is -2.09. The van der Waals surface area contributed by atoms with Crippen molar-refractivity contribution < 1.29 is 0 Å². The fourth-order valence-electron chi connectivity index (χ4n) is 1.20. The Hall–Kier alpha value is -0.820. The second kappa shape index (κ2) is 4.27. The zero-order valence-electron chi connectivity index (χ0n) is 7.58. The fraction of sp³-hybridized carbons (Fsp3) is 0.273. The topological polar surface area (TPSA) is 0 Å². The summed E-state index contributed by atoms with van der Waals surface area (Å²) < 4.78 is 0. The number of hydrogen-bond donors (Lipinski definition) is 0. The molecule has 0 fully saturated rings. The van der Waals surface area contributed by atoms with E-state index in [0.717, 1.165) is 0 Å². The molecule has 0 radical (unpaired) electrons. The summed E-state index contributed by atoms with van der Waals surface area (Å²) in [4.78, 5) is 0. The minimum atomic E-state index is 0.404. The molecule has 0 amide bonds. The van der Waals surface area contributed by atoms with Crippen molar-refractivity contribution in [3.05, 3.63) is 46.7 Å². The van der Waals surface area contributed by atoms with Crippen LogP contribution in [0.5, 0.6) is 0 Å². The molecule has 0 saturated carbocycles. The van der Waals surface area contributed by atoms with Gasteiger partial charge in [-0.15, -0.1) is 0 Å². The van der Waals surface area contributed by atoms with Crippen molar-refractivity contribution >= 4 is 11.3 Å². The molecule has 1 rings (SSSR count). The van der Waals surface area contributed by atoms with Crippen molar-refractivity contribution in [2.75, 3.05) is 0 Å². The molecule has 1 heteroatoms. The Balaban J connectivity index is 2.88. The number of hydrogen-bond acceptors (Lipinski definition) is 1. The maximum absolute atomic E-state index is 3.98. The van der Waals surface area contributed by atoms with Crippen LogP contribution in [0, 0.1) is 0 Å². The SMILES string of the molecule is C=C(C)[C@H](/C=C\C)c1ccsc1. The van der Waals surface area contributed by atoms with Crippen LogP contribution in [0.1, 0.15) is 25.3 Å². The number of thiophene rings is 1. The molecule has 1 atom stereocenters. The van der Waals surface area contributed by atoms with E-state index in [1.165, 1.54) is 11.1 Å². The Bertz CT molecular complexity index is 267. The van der Waals surface area contributed by atoms with E-state index in [0.29, 0.717) is 5.92 Å². The Morgan fingerprint density at radius 2 is 2.42 bits per heavy atom. The van der Waals surface area contributed by atoms with Gasteiger partial charge in [-0.25, -0.2) is 0 Å². The summed E-state index contributed by atoms with van der Waals surface area (Å²) in [5.74, 6) is 0.404. The predicted molar refractivity (Wildman–Crippen MR) is 56.7 cm³/mol. The van der Waals surface area contributed by atoms with Crippen molar-refractivity contribution in [2.24, 2.45) is 0 Å². The first kappa shape index (κ1) is 9.27. The van der Waals surface area contributed by atoms with Gasteiger partial charge in [0.25, 0.3) is 0 Å². The summed E-state index contributed by atoms with van der Waals surface area (Å²) >= 11 is 1.74. The summed E-state index contributed by atoms with van der Waals surface area (Å²) in [6, 6.07) is 2.16. The average molecular weight is 178 g/mol. The lowest BCUT2D eigenvalue weighted by molar-refractivity contribution is 1.00. The maximum Gasteiger partial charge on any atom is 0.0231 e. The molecule has 1 aromatic heterocycles. The van der Waals surface area contributed by atoms with Crippen molar-refractivity contribution in [2.45, 2.75) is 19.8 Å². The molecular weight excluding hydrogens is 164 g/mol. The molecular formula is C11H14S. The first-order valence-electron chi connectivity index (χ1n) is 4.06. The van der Waals surface area contributed by atoms with Crippen LogP contribution in [0.25, 0.3) is 0 Å². The van der Waals surface area contributed by atoms with Gasteiger partial charge in [-0.1, -0.05) is 24.3 Å². The monoisotopic (exact) mass is 178 g/mol. The zero-order chi connectivity index (χ0) is 8.97. The molecule has 1 aromatic rings. The van der Waals surface area contributed by atoms with Crippen LogP contribution in [-0.4, -0.2) is 0 Å². The van der Waals surface area contributed by atoms with Crippen LogP contribution >= 0.6 is 11.3 Å². The summed E-state index contributed by atoms with van der Waals surface area (Å²) in [5.41, 5.74) is 2.55. The normalized spacial score (nSPS) is 13.5. The third kappa shape index (κ3) is 2.08. The van der Waals surface area contributed by atoms with Crippen LogP contribution in [0.2, 0.25) is 0 Å². The molecule has 0 N–H and O–H groups in total. The molecule has 1 heterocycles.